The predicted molar refractivity (Wildman–Crippen MR) is 120 cm³/mol. The number of amides is 1. The lowest BCUT2D eigenvalue weighted by Crippen LogP contribution is -2.50. The molecule has 0 radical (unpaired) electrons. The summed E-state index contributed by atoms with van der Waals surface area (Å²) in [5.41, 5.74) is 0.631. The third-order valence-electron chi connectivity index (χ3n) is 6.17. The van der Waals surface area contributed by atoms with Crippen molar-refractivity contribution in [2.24, 2.45) is 0 Å². The molecule has 1 amide bonds. The number of nitrogens with zero attached hydrogens (tertiary/aromatic N) is 2. The van der Waals surface area contributed by atoms with E-state index in [1.807, 2.05) is 0 Å². The van der Waals surface area contributed by atoms with Crippen LogP contribution in [0.25, 0.3) is 10.8 Å². The van der Waals surface area contributed by atoms with Gasteiger partial charge in [-0.25, -0.2) is 22.0 Å². The highest BCUT2D eigenvalue weighted by Gasteiger charge is 2.38. The molecule has 0 saturated carbocycles. The van der Waals surface area contributed by atoms with E-state index in [1.54, 1.807) is 30.3 Å². The van der Waals surface area contributed by atoms with E-state index in [0.29, 0.717) is 34.2 Å². The minimum absolute atomic E-state index is 0.140. The Hall–Kier alpha value is -2.75. The van der Waals surface area contributed by atoms with Crippen LogP contribution in [0, 0.1) is 11.6 Å². The number of piperidine rings is 1. The fourth-order valence-electron chi connectivity index (χ4n) is 4.51. The molecule has 2 heterocycles. The first-order valence-electron chi connectivity index (χ1n) is 10.4. The second-order valence-corrected chi connectivity index (χ2v) is 10.4. The van der Waals surface area contributed by atoms with Crippen LogP contribution in [-0.4, -0.2) is 37.9 Å². The molecule has 2 aliphatic rings. The molecule has 6 nitrogen and oxygen atoms in total. The highest BCUT2D eigenvalue weighted by molar-refractivity contribution is 7.89. The first-order valence-corrected chi connectivity index (χ1v) is 12.2. The number of hydrogen-bond acceptors (Lipinski definition) is 4. The molecule has 3 aromatic carbocycles. The van der Waals surface area contributed by atoms with Crippen molar-refractivity contribution in [1.82, 2.24) is 4.31 Å². The van der Waals surface area contributed by atoms with Crippen LogP contribution in [0.5, 0.6) is 0 Å². The van der Waals surface area contributed by atoms with E-state index < -0.39 is 33.8 Å². The lowest BCUT2D eigenvalue weighted by Gasteiger charge is -2.39. The van der Waals surface area contributed by atoms with Crippen molar-refractivity contribution in [3.63, 3.8) is 0 Å². The van der Waals surface area contributed by atoms with E-state index in [0.717, 1.165) is 12.1 Å². The monoisotopic (exact) mass is 492 g/mol. The second kappa shape index (κ2) is 8.23. The van der Waals surface area contributed by atoms with Crippen molar-refractivity contribution >= 4 is 44.2 Å². The van der Waals surface area contributed by atoms with Crippen molar-refractivity contribution in [2.45, 2.75) is 30.4 Å². The number of anilines is 1. The summed E-state index contributed by atoms with van der Waals surface area (Å²) in [6, 6.07) is 11.7. The van der Waals surface area contributed by atoms with Gasteiger partial charge in [0.05, 0.1) is 10.6 Å². The van der Waals surface area contributed by atoms with E-state index in [9.17, 15) is 22.0 Å². The van der Waals surface area contributed by atoms with Gasteiger partial charge < -0.3 is 4.74 Å². The maximum absolute atomic E-state index is 13.9. The van der Waals surface area contributed by atoms with Gasteiger partial charge in [0.15, 0.2) is 11.6 Å². The van der Waals surface area contributed by atoms with E-state index in [4.69, 9.17) is 16.3 Å². The molecule has 2 aliphatic heterocycles. The molecule has 0 N–H and O–H groups in total. The van der Waals surface area contributed by atoms with Gasteiger partial charge >= 0.3 is 6.09 Å². The van der Waals surface area contributed by atoms with Crippen molar-refractivity contribution in [3.05, 3.63) is 70.8 Å². The van der Waals surface area contributed by atoms with Crippen molar-refractivity contribution in [1.29, 1.82) is 0 Å². The Morgan fingerprint density at radius 1 is 0.970 bits per heavy atom. The number of hydrogen-bond donors (Lipinski definition) is 0. The molecule has 3 aromatic rings. The SMILES string of the molecule is O=C1OCc2cc(F)c(F)cc2N1C1CCN(S(=O)(=O)c2ccc(Cl)c3ccccc23)CC1. The topological polar surface area (TPSA) is 66.9 Å². The summed E-state index contributed by atoms with van der Waals surface area (Å²) >= 11 is 6.24. The highest BCUT2D eigenvalue weighted by Crippen LogP contribution is 2.36. The van der Waals surface area contributed by atoms with Gasteiger partial charge in [-0.1, -0.05) is 35.9 Å². The molecule has 10 heteroatoms. The molecule has 172 valence electrons. The minimum Gasteiger partial charge on any atom is -0.444 e. The summed E-state index contributed by atoms with van der Waals surface area (Å²) in [7, 11) is -3.82. The molecular formula is C23H19ClF2N2O4S. The van der Waals surface area contributed by atoms with Crippen LogP contribution in [-0.2, 0) is 21.4 Å². The molecule has 33 heavy (non-hydrogen) atoms. The Labute approximate surface area is 194 Å². The number of rotatable bonds is 3. The summed E-state index contributed by atoms with van der Waals surface area (Å²) in [6.45, 7) is 0.179. The predicted octanol–water partition coefficient (Wildman–Crippen LogP) is 5.08. The molecular weight excluding hydrogens is 474 g/mol. The summed E-state index contributed by atoms with van der Waals surface area (Å²) in [5.74, 6) is -2.06. The lowest BCUT2D eigenvalue weighted by molar-refractivity contribution is 0.135. The summed E-state index contributed by atoms with van der Waals surface area (Å²) in [6.07, 6.45) is -0.0187. The van der Waals surface area contributed by atoms with Crippen molar-refractivity contribution in [3.8, 4) is 0 Å². The van der Waals surface area contributed by atoms with E-state index in [-0.39, 0.29) is 30.3 Å². The van der Waals surface area contributed by atoms with Gasteiger partial charge in [0, 0.05) is 46.6 Å². The smallest absolute Gasteiger partial charge is 0.414 e. The Kier molecular flexibility index (Phi) is 5.50. The molecule has 0 bridgehead atoms. The van der Waals surface area contributed by atoms with Gasteiger partial charge in [-0.05, 0) is 31.0 Å². The molecule has 0 unspecified atom stereocenters. The number of carbonyl (C=O) groups excluding carboxylic acids is 1. The van der Waals surface area contributed by atoms with Gasteiger partial charge in [0.2, 0.25) is 10.0 Å². The number of sulfonamides is 1. The summed E-state index contributed by atoms with van der Waals surface area (Å²) in [4.78, 5) is 14.0. The zero-order valence-corrected chi connectivity index (χ0v) is 18.9. The van der Waals surface area contributed by atoms with Gasteiger partial charge in [-0.15, -0.1) is 0 Å². The van der Waals surface area contributed by atoms with Crippen LogP contribution in [0.15, 0.2) is 53.4 Å². The highest BCUT2D eigenvalue weighted by atomic mass is 35.5. The molecule has 0 aliphatic carbocycles. The number of fused-ring (bicyclic) bond motifs is 2. The summed E-state index contributed by atoms with van der Waals surface area (Å²) < 4.78 is 60.9. The second-order valence-electron chi connectivity index (χ2n) is 8.05. The zero-order chi connectivity index (χ0) is 23.3. The van der Waals surface area contributed by atoms with Crippen LogP contribution >= 0.6 is 11.6 Å². The van der Waals surface area contributed by atoms with Gasteiger partial charge in [-0.2, -0.15) is 4.31 Å². The summed E-state index contributed by atoms with van der Waals surface area (Å²) in [5, 5.41) is 1.66. The Balaban J connectivity index is 1.41. The number of benzene rings is 3. The Bertz CT molecular complexity index is 1370. The van der Waals surface area contributed by atoms with E-state index in [1.165, 1.54) is 15.3 Å². The zero-order valence-electron chi connectivity index (χ0n) is 17.3. The Morgan fingerprint density at radius 3 is 2.36 bits per heavy atom. The first-order chi connectivity index (χ1) is 15.8. The number of halogens is 3. The lowest BCUT2D eigenvalue weighted by atomic mass is 10.0. The molecule has 1 saturated heterocycles. The third kappa shape index (κ3) is 3.74. The largest absolute Gasteiger partial charge is 0.444 e. The maximum Gasteiger partial charge on any atom is 0.414 e. The van der Waals surface area contributed by atoms with Crippen LogP contribution in [0.1, 0.15) is 18.4 Å². The van der Waals surface area contributed by atoms with E-state index >= 15 is 0 Å². The average molecular weight is 493 g/mol. The standard InChI is InChI=1S/C23H19ClF2N2O4S/c24-18-5-6-22(17-4-2-1-3-16(17)18)33(30,31)27-9-7-15(8-10-27)28-21-12-20(26)19(25)11-14(21)13-32-23(28)29/h1-6,11-12,15H,7-10,13H2. The van der Waals surface area contributed by atoms with Gasteiger partial charge in [-0.3, -0.25) is 4.90 Å². The van der Waals surface area contributed by atoms with Crippen LogP contribution in [0.3, 0.4) is 0 Å². The number of ether oxygens (including phenoxy) is 1. The minimum atomic E-state index is -3.82. The van der Waals surface area contributed by atoms with Gasteiger partial charge in [0.1, 0.15) is 6.61 Å². The van der Waals surface area contributed by atoms with Crippen molar-refractivity contribution in [2.75, 3.05) is 18.0 Å². The molecule has 5 rings (SSSR count). The van der Waals surface area contributed by atoms with Crippen LogP contribution in [0.4, 0.5) is 19.3 Å². The molecule has 0 atom stereocenters. The maximum atomic E-state index is 13.9. The first kappa shape index (κ1) is 22.1. The van der Waals surface area contributed by atoms with Gasteiger partial charge in [0.25, 0.3) is 0 Å². The quantitative estimate of drug-likeness (QED) is 0.511. The van der Waals surface area contributed by atoms with Crippen LogP contribution in [0.2, 0.25) is 5.02 Å². The third-order valence-corrected chi connectivity index (χ3v) is 8.45. The molecule has 1 fully saturated rings. The normalized spacial score (nSPS) is 17.8. The number of cyclic esters (lactones) is 1. The van der Waals surface area contributed by atoms with Crippen molar-refractivity contribution < 1.29 is 26.7 Å². The molecule has 0 spiro atoms. The Morgan fingerprint density at radius 2 is 1.64 bits per heavy atom. The van der Waals surface area contributed by atoms with Crippen LogP contribution < -0.4 is 4.90 Å². The fourth-order valence-corrected chi connectivity index (χ4v) is 6.40. The molecule has 0 aromatic heterocycles. The fraction of sp³-hybridized carbons (Fsp3) is 0.261. The number of carbonyl (C=O) groups is 1. The average Bonchev–Trinajstić information content (AvgIpc) is 2.80. The van der Waals surface area contributed by atoms with E-state index in [2.05, 4.69) is 0 Å².